The topological polar surface area (TPSA) is 119 Å². The maximum atomic E-state index is 12.8. The number of anilines is 1. The smallest absolute Gasteiger partial charge is 0.275 e. The summed E-state index contributed by atoms with van der Waals surface area (Å²) in [7, 11) is 1.57. The van der Waals surface area contributed by atoms with Crippen molar-refractivity contribution < 1.29 is 19.2 Å². The molecule has 0 saturated carbocycles. The maximum Gasteiger partial charge on any atom is 0.275 e. The van der Waals surface area contributed by atoms with E-state index >= 15 is 0 Å². The Hall–Kier alpha value is -4.66. The average molecular weight is 458 g/mol. The molecule has 0 unspecified atom stereocenters. The van der Waals surface area contributed by atoms with Crippen LogP contribution in [0.5, 0.6) is 17.2 Å². The van der Waals surface area contributed by atoms with Gasteiger partial charge in [0, 0.05) is 17.7 Å². The number of hydrogen-bond donors (Lipinski definition) is 2. The lowest BCUT2D eigenvalue weighted by Gasteiger charge is -2.11. The lowest BCUT2D eigenvalue weighted by Crippen LogP contribution is -2.12. The Morgan fingerprint density at radius 1 is 1.03 bits per heavy atom. The summed E-state index contributed by atoms with van der Waals surface area (Å²) >= 11 is 0. The molecule has 0 bridgehead atoms. The Labute approximate surface area is 195 Å². The molecule has 0 aliphatic rings. The molecule has 0 aliphatic heterocycles. The first-order chi connectivity index (χ1) is 16.3. The van der Waals surface area contributed by atoms with Crippen molar-refractivity contribution in [3.63, 3.8) is 0 Å². The highest BCUT2D eigenvalue weighted by Crippen LogP contribution is 2.32. The van der Waals surface area contributed by atoms with E-state index in [4.69, 9.17) is 9.47 Å². The number of hydrogen-bond acceptors (Lipinski definition) is 6. The van der Waals surface area contributed by atoms with Gasteiger partial charge in [-0.1, -0.05) is 24.3 Å². The molecule has 4 rings (SSSR count). The number of methoxy groups -OCH3 is 1. The lowest BCUT2D eigenvalue weighted by molar-refractivity contribution is -0.384. The van der Waals surface area contributed by atoms with E-state index in [1.807, 2.05) is 50.2 Å². The van der Waals surface area contributed by atoms with Gasteiger partial charge in [0.2, 0.25) is 0 Å². The summed E-state index contributed by atoms with van der Waals surface area (Å²) in [5.74, 6) is 0.980. The van der Waals surface area contributed by atoms with Crippen LogP contribution in [-0.2, 0) is 0 Å². The number of aromatic amines is 1. The number of nitrogens with one attached hydrogen (secondary N) is 2. The minimum Gasteiger partial charge on any atom is -0.497 e. The van der Waals surface area contributed by atoms with Crippen LogP contribution in [-0.4, -0.2) is 28.1 Å². The molecule has 0 saturated heterocycles. The number of carbonyl (C=O) groups is 1. The number of ether oxygens (including phenoxy) is 2. The third-order valence-corrected chi connectivity index (χ3v) is 5.12. The van der Waals surface area contributed by atoms with Gasteiger partial charge >= 0.3 is 0 Å². The number of carbonyl (C=O) groups excluding carboxylic acids is 1. The van der Waals surface area contributed by atoms with Crippen molar-refractivity contribution >= 4 is 17.3 Å². The van der Waals surface area contributed by atoms with Gasteiger partial charge in [-0.15, -0.1) is 0 Å². The molecule has 1 heterocycles. The van der Waals surface area contributed by atoms with Gasteiger partial charge in [0.15, 0.2) is 0 Å². The molecule has 34 heavy (non-hydrogen) atoms. The number of benzene rings is 3. The number of non-ortho nitro benzene ring substituents is 1. The van der Waals surface area contributed by atoms with Crippen molar-refractivity contribution in [1.29, 1.82) is 0 Å². The number of H-pyrrole nitrogens is 1. The Morgan fingerprint density at radius 3 is 2.62 bits per heavy atom. The van der Waals surface area contributed by atoms with Gasteiger partial charge in [-0.05, 0) is 49.2 Å². The van der Waals surface area contributed by atoms with Crippen molar-refractivity contribution in [2.45, 2.75) is 13.8 Å². The second-order valence-corrected chi connectivity index (χ2v) is 7.70. The van der Waals surface area contributed by atoms with Crippen molar-refractivity contribution in [1.82, 2.24) is 10.2 Å². The first-order valence-corrected chi connectivity index (χ1v) is 10.4. The highest BCUT2D eigenvalue weighted by atomic mass is 16.6. The Balaban J connectivity index is 1.58. The summed E-state index contributed by atoms with van der Waals surface area (Å²) in [5.41, 5.74) is 3.41. The summed E-state index contributed by atoms with van der Waals surface area (Å²) in [4.78, 5) is 23.7. The highest BCUT2D eigenvalue weighted by molar-refractivity contribution is 6.03. The number of rotatable bonds is 7. The second kappa shape index (κ2) is 9.45. The summed E-state index contributed by atoms with van der Waals surface area (Å²) in [5, 5.41) is 21.0. The molecule has 172 valence electrons. The van der Waals surface area contributed by atoms with Gasteiger partial charge in [-0.2, -0.15) is 5.10 Å². The number of aromatic nitrogens is 2. The summed E-state index contributed by atoms with van der Waals surface area (Å²) < 4.78 is 11.1. The molecule has 4 aromatic rings. The fourth-order valence-corrected chi connectivity index (χ4v) is 3.33. The molecule has 9 heteroatoms. The van der Waals surface area contributed by atoms with Crippen LogP contribution >= 0.6 is 0 Å². The van der Waals surface area contributed by atoms with E-state index < -0.39 is 10.8 Å². The van der Waals surface area contributed by atoms with Gasteiger partial charge in [0.25, 0.3) is 11.6 Å². The van der Waals surface area contributed by atoms with E-state index in [1.165, 1.54) is 18.2 Å². The van der Waals surface area contributed by atoms with Crippen LogP contribution in [0.15, 0.2) is 66.7 Å². The van der Waals surface area contributed by atoms with Crippen molar-refractivity contribution in [2.75, 3.05) is 12.4 Å². The van der Waals surface area contributed by atoms with Crippen LogP contribution in [0, 0.1) is 24.0 Å². The van der Waals surface area contributed by atoms with Crippen molar-refractivity contribution in [3.8, 4) is 28.5 Å². The van der Waals surface area contributed by atoms with E-state index in [9.17, 15) is 14.9 Å². The maximum absolute atomic E-state index is 12.8. The number of amides is 1. The van der Waals surface area contributed by atoms with Gasteiger partial charge < -0.3 is 14.8 Å². The first kappa shape index (κ1) is 22.5. The lowest BCUT2D eigenvalue weighted by atomic mass is 10.1. The molecule has 2 N–H and O–H groups in total. The Bertz CT molecular complexity index is 1380. The van der Waals surface area contributed by atoms with E-state index in [-0.39, 0.29) is 22.8 Å². The Kier molecular flexibility index (Phi) is 6.26. The molecular weight excluding hydrogens is 436 g/mol. The molecular formula is C25H22N4O5. The third kappa shape index (κ3) is 5.04. The van der Waals surface area contributed by atoms with Crippen molar-refractivity contribution in [2.24, 2.45) is 0 Å². The van der Waals surface area contributed by atoms with Crippen LogP contribution in [0.4, 0.5) is 11.4 Å². The monoisotopic (exact) mass is 458 g/mol. The zero-order chi connectivity index (χ0) is 24.2. The van der Waals surface area contributed by atoms with E-state index in [2.05, 4.69) is 15.5 Å². The highest BCUT2D eigenvalue weighted by Gasteiger charge is 2.16. The number of aryl methyl sites for hydroxylation is 2. The third-order valence-electron chi connectivity index (χ3n) is 5.12. The second-order valence-electron chi connectivity index (χ2n) is 7.70. The van der Waals surface area contributed by atoms with Gasteiger partial charge in [-0.3, -0.25) is 20.0 Å². The van der Waals surface area contributed by atoms with E-state index in [0.717, 1.165) is 16.7 Å². The number of nitro groups is 1. The molecule has 9 nitrogen and oxygen atoms in total. The van der Waals surface area contributed by atoms with Gasteiger partial charge in [0.1, 0.15) is 22.9 Å². The zero-order valence-electron chi connectivity index (χ0n) is 18.8. The van der Waals surface area contributed by atoms with Crippen LogP contribution in [0.25, 0.3) is 11.3 Å². The van der Waals surface area contributed by atoms with Crippen LogP contribution < -0.4 is 14.8 Å². The summed E-state index contributed by atoms with van der Waals surface area (Å²) in [6.45, 7) is 3.81. The van der Waals surface area contributed by atoms with Crippen LogP contribution in [0.1, 0.15) is 21.6 Å². The van der Waals surface area contributed by atoms with Gasteiger partial charge in [0.05, 0.1) is 29.5 Å². The predicted molar refractivity (Wildman–Crippen MR) is 128 cm³/mol. The first-order valence-electron chi connectivity index (χ1n) is 10.4. The molecule has 0 spiro atoms. The SMILES string of the molecule is COc1cccc(-c2cc(C(=O)Nc3cc(Oc4cc(C)ccc4C)cc([N+](=O)[O-])c3)[nH]n2)c1. The normalized spacial score (nSPS) is 10.6. The molecule has 0 atom stereocenters. The number of nitro benzene ring substituents is 1. The molecule has 0 fully saturated rings. The molecule has 0 radical (unpaired) electrons. The summed E-state index contributed by atoms with van der Waals surface area (Å²) in [6.07, 6.45) is 0. The van der Waals surface area contributed by atoms with Crippen molar-refractivity contribution in [3.05, 3.63) is 93.7 Å². The standard InChI is InChI=1S/C25H22N4O5/c1-15-7-8-16(2)24(9-15)34-21-12-18(11-19(13-21)29(31)32)26-25(30)23-14-22(27-28-23)17-5-4-6-20(10-17)33-3/h4-14H,1-3H3,(H,26,30)(H,27,28). The van der Waals surface area contributed by atoms with E-state index in [0.29, 0.717) is 17.2 Å². The fourth-order valence-electron chi connectivity index (χ4n) is 3.33. The van der Waals surface area contributed by atoms with E-state index in [1.54, 1.807) is 19.2 Å². The van der Waals surface area contributed by atoms with Gasteiger partial charge in [-0.25, -0.2) is 0 Å². The minimum absolute atomic E-state index is 0.196. The largest absolute Gasteiger partial charge is 0.497 e. The quantitative estimate of drug-likeness (QED) is 0.273. The molecule has 3 aromatic carbocycles. The molecule has 0 aliphatic carbocycles. The molecule has 1 amide bonds. The zero-order valence-corrected chi connectivity index (χ0v) is 18.8. The summed E-state index contributed by atoms with van der Waals surface area (Å²) in [6, 6.07) is 18.7. The fraction of sp³-hybridized carbons (Fsp3) is 0.120. The number of nitrogens with zero attached hydrogens (tertiary/aromatic N) is 2. The Morgan fingerprint density at radius 2 is 1.85 bits per heavy atom. The predicted octanol–water partition coefficient (Wildman–Crippen LogP) is 5.65. The van der Waals surface area contributed by atoms with Crippen LogP contribution in [0.3, 0.4) is 0 Å². The average Bonchev–Trinajstić information content (AvgIpc) is 3.32. The van der Waals surface area contributed by atoms with Crippen LogP contribution in [0.2, 0.25) is 0 Å². The minimum atomic E-state index is -0.539. The molecule has 1 aromatic heterocycles.